The first-order chi connectivity index (χ1) is 15.4. The highest BCUT2D eigenvalue weighted by molar-refractivity contribution is 7.89. The molecule has 32 heavy (non-hydrogen) atoms. The first kappa shape index (κ1) is 21.9. The van der Waals surface area contributed by atoms with Crippen molar-refractivity contribution in [1.29, 1.82) is 0 Å². The average molecular weight is 454 g/mol. The van der Waals surface area contributed by atoms with Gasteiger partial charge in [0.15, 0.2) is 6.61 Å². The number of benzene rings is 2. The number of hydrogen-bond donors (Lipinski definition) is 1. The van der Waals surface area contributed by atoms with Crippen molar-refractivity contribution in [2.45, 2.75) is 25.9 Å². The summed E-state index contributed by atoms with van der Waals surface area (Å²) >= 11 is 0. The Kier molecular flexibility index (Phi) is 6.20. The van der Waals surface area contributed by atoms with Crippen molar-refractivity contribution in [3.63, 3.8) is 0 Å². The number of hydrogen-bond acceptors (Lipinski definition) is 6. The maximum absolute atomic E-state index is 12.8. The number of pyridine rings is 1. The van der Waals surface area contributed by atoms with E-state index in [9.17, 15) is 18.0 Å². The van der Waals surface area contributed by atoms with E-state index in [1.807, 2.05) is 36.4 Å². The number of ether oxygens (including phenoxy) is 1. The molecule has 0 aliphatic carbocycles. The van der Waals surface area contributed by atoms with Gasteiger partial charge in [-0.1, -0.05) is 30.3 Å². The summed E-state index contributed by atoms with van der Waals surface area (Å²) in [5.74, 6) is -1.39. The number of sulfonamides is 1. The molecule has 4 rings (SSSR count). The van der Waals surface area contributed by atoms with Crippen molar-refractivity contribution in [3.8, 4) is 0 Å². The van der Waals surface area contributed by atoms with Crippen LogP contribution in [0.4, 0.5) is 5.69 Å². The van der Waals surface area contributed by atoms with Crippen LogP contribution in [0.15, 0.2) is 60.8 Å². The molecule has 1 N–H and O–H groups in total. The highest BCUT2D eigenvalue weighted by Crippen LogP contribution is 2.27. The lowest BCUT2D eigenvalue weighted by molar-refractivity contribution is -0.151. The summed E-state index contributed by atoms with van der Waals surface area (Å²) in [6.07, 6.45) is 1.86. The molecule has 8 nitrogen and oxygen atoms in total. The van der Waals surface area contributed by atoms with E-state index in [2.05, 4.69) is 10.3 Å². The minimum absolute atomic E-state index is 0.0985. The van der Waals surface area contributed by atoms with Crippen LogP contribution in [0.1, 0.15) is 18.1 Å². The molecular weight excluding hydrogens is 430 g/mol. The van der Waals surface area contributed by atoms with Gasteiger partial charge in [0.2, 0.25) is 10.0 Å². The fraction of sp³-hybridized carbons (Fsp3) is 0.261. The Morgan fingerprint density at radius 3 is 2.66 bits per heavy atom. The van der Waals surface area contributed by atoms with Gasteiger partial charge in [-0.2, -0.15) is 4.31 Å². The van der Waals surface area contributed by atoms with Gasteiger partial charge < -0.3 is 10.1 Å². The van der Waals surface area contributed by atoms with Crippen LogP contribution in [0.25, 0.3) is 10.9 Å². The first-order valence-electron chi connectivity index (χ1n) is 10.3. The topological polar surface area (TPSA) is 106 Å². The predicted octanol–water partition coefficient (Wildman–Crippen LogP) is 2.49. The summed E-state index contributed by atoms with van der Waals surface area (Å²) in [5.41, 5.74) is 3.03. The molecule has 0 bridgehead atoms. The van der Waals surface area contributed by atoms with Gasteiger partial charge in [-0.05, 0) is 42.3 Å². The fourth-order valence-corrected chi connectivity index (χ4v) is 5.01. The quantitative estimate of drug-likeness (QED) is 0.575. The maximum atomic E-state index is 12.8. The number of fused-ring (bicyclic) bond motifs is 2. The van der Waals surface area contributed by atoms with Crippen LogP contribution in [0.5, 0.6) is 0 Å². The molecule has 0 unspecified atom stereocenters. The maximum Gasteiger partial charge on any atom is 0.325 e. The van der Waals surface area contributed by atoms with Crippen LogP contribution < -0.4 is 5.32 Å². The number of amides is 1. The van der Waals surface area contributed by atoms with Crippen LogP contribution in [-0.4, -0.2) is 48.0 Å². The van der Waals surface area contributed by atoms with E-state index in [0.717, 1.165) is 22.0 Å². The molecule has 1 aliphatic rings. The summed E-state index contributed by atoms with van der Waals surface area (Å²) in [4.78, 5) is 29.5. The Morgan fingerprint density at radius 2 is 1.88 bits per heavy atom. The van der Waals surface area contributed by atoms with Crippen molar-refractivity contribution in [1.82, 2.24) is 9.29 Å². The van der Waals surface area contributed by atoms with Gasteiger partial charge in [-0.15, -0.1) is 0 Å². The Bertz CT molecular complexity index is 1270. The molecule has 166 valence electrons. The van der Waals surface area contributed by atoms with Gasteiger partial charge in [0.25, 0.3) is 5.91 Å². The summed E-state index contributed by atoms with van der Waals surface area (Å²) < 4.78 is 31.6. The van der Waals surface area contributed by atoms with Crippen molar-refractivity contribution >= 4 is 38.5 Å². The normalized spacial score (nSPS) is 16.3. The Hall–Kier alpha value is -3.30. The summed E-state index contributed by atoms with van der Waals surface area (Å²) in [7, 11) is -3.64. The fourth-order valence-electron chi connectivity index (χ4n) is 3.79. The number of nitrogens with zero attached hydrogens (tertiary/aromatic N) is 2. The molecule has 0 saturated carbocycles. The number of aromatic nitrogens is 1. The predicted molar refractivity (Wildman–Crippen MR) is 120 cm³/mol. The van der Waals surface area contributed by atoms with Crippen LogP contribution >= 0.6 is 0 Å². The second kappa shape index (κ2) is 9.05. The zero-order chi connectivity index (χ0) is 22.7. The molecule has 1 atom stereocenters. The van der Waals surface area contributed by atoms with E-state index >= 15 is 0 Å². The number of anilines is 1. The molecule has 0 radical (unpaired) electrons. The van der Waals surface area contributed by atoms with Gasteiger partial charge in [0, 0.05) is 24.5 Å². The van der Waals surface area contributed by atoms with Crippen LogP contribution in [0, 0.1) is 0 Å². The second-order valence-corrected chi connectivity index (χ2v) is 9.68. The van der Waals surface area contributed by atoms with Gasteiger partial charge in [-0.25, -0.2) is 8.42 Å². The van der Waals surface area contributed by atoms with E-state index in [0.29, 0.717) is 5.69 Å². The minimum Gasteiger partial charge on any atom is -0.454 e. The highest BCUT2D eigenvalue weighted by atomic mass is 32.2. The lowest BCUT2D eigenvalue weighted by atomic mass is 9.96. The van der Waals surface area contributed by atoms with Crippen LogP contribution in [-0.2, 0) is 37.3 Å². The SMILES string of the molecule is CCS(=O)(=O)N1Cc2ccccc2C[C@H]1C(=O)OCC(=O)Nc1cccc2ncccc12. The van der Waals surface area contributed by atoms with Crippen molar-refractivity contribution < 1.29 is 22.7 Å². The monoisotopic (exact) mass is 453 g/mol. The molecule has 0 spiro atoms. The molecule has 2 aromatic carbocycles. The summed E-state index contributed by atoms with van der Waals surface area (Å²) in [6.45, 7) is 1.11. The number of rotatable bonds is 6. The third-order valence-corrected chi connectivity index (χ3v) is 7.29. The molecule has 0 fully saturated rings. The number of carbonyl (C=O) groups is 2. The molecule has 2 heterocycles. The van der Waals surface area contributed by atoms with Gasteiger partial charge >= 0.3 is 5.97 Å². The number of nitrogens with one attached hydrogen (secondary N) is 1. The summed E-state index contributed by atoms with van der Waals surface area (Å²) in [6, 6.07) is 15.3. The molecule has 0 saturated heterocycles. The largest absolute Gasteiger partial charge is 0.454 e. The second-order valence-electron chi connectivity index (χ2n) is 7.47. The highest BCUT2D eigenvalue weighted by Gasteiger charge is 2.39. The average Bonchev–Trinajstić information content (AvgIpc) is 2.82. The van der Waals surface area contributed by atoms with Crippen LogP contribution in [0.2, 0.25) is 0 Å². The van der Waals surface area contributed by atoms with Gasteiger partial charge in [0.05, 0.1) is 17.0 Å². The van der Waals surface area contributed by atoms with E-state index < -0.39 is 34.5 Å². The lowest BCUT2D eigenvalue weighted by Gasteiger charge is -2.34. The van der Waals surface area contributed by atoms with E-state index in [1.165, 1.54) is 11.2 Å². The molecule has 1 amide bonds. The van der Waals surface area contributed by atoms with Crippen molar-refractivity contribution in [2.24, 2.45) is 0 Å². The van der Waals surface area contributed by atoms with Gasteiger partial charge in [0.1, 0.15) is 6.04 Å². The standard InChI is InChI=1S/C23H23N3O5S/c1-2-32(29,30)26-14-17-8-4-3-7-16(17)13-21(26)23(28)31-15-22(27)25-20-11-5-10-19-18(20)9-6-12-24-19/h3-12,21H,2,13-15H2,1H3,(H,25,27)/t21-/m0/s1. The molecular formula is C23H23N3O5S. The zero-order valence-corrected chi connectivity index (χ0v) is 18.3. The summed E-state index contributed by atoms with van der Waals surface area (Å²) in [5, 5.41) is 3.49. The molecule has 9 heteroatoms. The number of esters is 1. The molecule has 3 aromatic rings. The van der Waals surface area contributed by atoms with Crippen molar-refractivity contribution in [3.05, 3.63) is 71.9 Å². The van der Waals surface area contributed by atoms with Gasteiger partial charge in [-0.3, -0.25) is 14.6 Å². The van der Waals surface area contributed by atoms with E-state index in [-0.39, 0.29) is 18.7 Å². The Labute approximate surface area is 186 Å². The molecule has 1 aromatic heterocycles. The third kappa shape index (κ3) is 4.49. The number of carbonyl (C=O) groups excluding carboxylic acids is 2. The Morgan fingerprint density at radius 1 is 1.09 bits per heavy atom. The van der Waals surface area contributed by atoms with E-state index in [1.54, 1.807) is 24.4 Å². The Balaban J connectivity index is 1.46. The lowest BCUT2D eigenvalue weighted by Crippen LogP contribution is -2.50. The minimum atomic E-state index is -3.64. The molecule has 1 aliphatic heterocycles. The van der Waals surface area contributed by atoms with Crippen LogP contribution in [0.3, 0.4) is 0 Å². The first-order valence-corrected chi connectivity index (χ1v) is 11.9. The third-order valence-electron chi connectivity index (χ3n) is 5.46. The smallest absolute Gasteiger partial charge is 0.325 e. The van der Waals surface area contributed by atoms with E-state index in [4.69, 9.17) is 4.74 Å². The zero-order valence-electron chi connectivity index (χ0n) is 17.5. The van der Waals surface area contributed by atoms with Crippen molar-refractivity contribution in [2.75, 3.05) is 17.7 Å².